The molecule has 2 aromatic carbocycles. The minimum absolute atomic E-state index is 0.102. The molecule has 5 nitrogen and oxygen atoms in total. The van der Waals surface area contributed by atoms with Crippen molar-refractivity contribution in [1.82, 2.24) is 9.97 Å². The second kappa shape index (κ2) is 8.41. The molecule has 0 unspecified atom stereocenters. The Morgan fingerprint density at radius 1 is 1.19 bits per heavy atom. The summed E-state index contributed by atoms with van der Waals surface area (Å²) in [7, 11) is 0. The zero-order chi connectivity index (χ0) is 19.4. The van der Waals surface area contributed by atoms with Gasteiger partial charge in [-0.05, 0) is 31.0 Å². The molecule has 0 aliphatic heterocycles. The smallest absolute Gasteiger partial charge is 0.252 e. The van der Waals surface area contributed by atoms with Crippen LogP contribution in [0.3, 0.4) is 0 Å². The third-order valence-electron chi connectivity index (χ3n) is 3.83. The van der Waals surface area contributed by atoms with Crippen LogP contribution in [0.25, 0.3) is 11.3 Å². The lowest BCUT2D eigenvalue weighted by Crippen LogP contribution is -2.16. The monoisotopic (exact) mass is 399 g/mol. The highest BCUT2D eigenvalue weighted by Gasteiger charge is 2.11. The molecule has 3 rings (SSSR count). The van der Waals surface area contributed by atoms with Gasteiger partial charge in [-0.1, -0.05) is 59.8 Å². The molecular formula is C20H18ClN3O2S. The molecule has 1 heterocycles. The molecule has 0 fully saturated rings. The van der Waals surface area contributed by atoms with E-state index in [1.807, 2.05) is 50.2 Å². The zero-order valence-electron chi connectivity index (χ0n) is 14.9. The molecule has 0 saturated heterocycles. The SMILES string of the molecule is Cc1cc(C)c(NC(=O)CSc2nc(-c3ccccc3)cc(=O)[nH]2)c(Cl)c1. The molecule has 3 aromatic rings. The molecule has 1 amide bonds. The zero-order valence-corrected chi connectivity index (χ0v) is 16.4. The average Bonchev–Trinajstić information content (AvgIpc) is 2.63. The Balaban J connectivity index is 1.71. The van der Waals surface area contributed by atoms with E-state index in [1.54, 1.807) is 6.07 Å². The Hall–Kier alpha value is -2.57. The first-order valence-electron chi connectivity index (χ1n) is 8.28. The number of thioether (sulfide) groups is 1. The maximum Gasteiger partial charge on any atom is 0.252 e. The fraction of sp³-hybridized carbons (Fsp3) is 0.150. The van der Waals surface area contributed by atoms with Crippen molar-refractivity contribution in [2.24, 2.45) is 0 Å². The van der Waals surface area contributed by atoms with Gasteiger partial charge in [0.15, 0.2) is 5.16 Å². The fourth-order valence-corrected chi connectivity index (χ4v) is 3.69. The van der Waals surface area contributed by atoms with Crippen LogP contribution in [0.4, 0.5) is 5.69 Å². The first-order valence-corrected chi connectivity index (χ1v) is 9.65. The number of amides is 1. The molecule has 7 heteroatoms. The minimum Gasteiger partial charge on any atom is -0.324 e. The quantitative estimate of drug-likeness (QED) is 0.491. The highest BCUT2D eigenvalue weighted by atomic mass is 35.5. The molecular weight excluding hydrogens is 382 g/mol. The van der Waals surface area contributed by atoms with Crippen molar-refractivity contribution in [3.05, 3.63) is 75.0 Å². The molecule has 27 heavy (non-hydrogen) atoms. The number of H-pyrrole nitrogens is 1. The van der Waals surface area contributed by atoms with Crippen LogP contribution >= 0.6 is 23.4 Å². The van der Waals surface area contributed by atoms with Crippen LogP contribution in [0.15, 0.2) is 58.5 Å². The number of carbonyl (C=O) groups excluding carboxylic acids is 1. The summed E-state index contributed by atoms with van der Waals surface area (Å²) in [5.41, 5.74) is 3.69. The van der Waals surface area contributed by atoms with E-state index in [9.17, 15) is 9.59 Å². The number of rotatable bonds is 5. The van der Waals surface area contributed by atoms with Crippen LogP contribution in [0.5, 0.6) is 0 Å². The fourth-order valence-electron chi connectivity index (χ4n) is 2.64. The third-order valence-corrected chi connectivity index (χ3v) is 5.00. The molecule has 0 atom stereocenters. The van der Waals surface area contributed by atoms with Crippen molar-refractivity contribution in [3.8, 4) is 11.3 Å². The first-order chi connectivity index (χ1) is 12.9. The van der Waals surface area contributed by atoms with Gasteiger partial charge in [-0.2, -0.15) is 0 Å². The van der Waals surface area contributed by atoms with Gasteiger partial charge in [0.25, 0.3) is 5.56 Å². The number of hydrogen-bond acceptors (Lipinski definition) is 4. The summed E-state index contributed by atoms with van der Waals surface area (Å²) in [4.78, 5) is 31.3. The summed E-state index contributed by atoms with van der Waals surface area (Å²) in [5, 5.41) is 3.72. The van der Waals surface area contributed by atoms with Crippen LogP contribution < -0.4 is 10.9 Å². The number of halogens is 1. The molecule has 0 aliphatic rings. The summed E-state index contributed by atoms with van der Waals surface area (Å²) in [6.07, 6.45) is 0. The lowest BCUT2D eigenvalue weighted by atomic mass is 10.1. The maximum absolute atomic E-state index is 12.3. The van der Waals surface area contributed by atoms with Gasteiger partial charge in [0, 0.05) is 11.6 Å². The first kappa shape index (κ1) is 19.2. The van der Waals surface area contributed by atoms with Gasteiger partial charge in [0.2, 0.25) is 5.91 Å². The van der Waals surface area contributed by atoms with Gasteiger partial charge < -0.3 is 10.3 Å². The van der Waals surface area contributed by atoms with Crippen molar-refractivity contribution < 1.29 is 4.79 Å². The van der Waals surface area contributed by atoms with Crippen molar-refractivity contribution in [3.63, 3.8) is 0 Å². The number of benzene rings is 2. The summed E-state index contributed by atoms with van der Waals surface area (Å²) in [6.45, 7) is 3.84. The predicted octanol–water partition coefficient (Wildman–Crippen LogP) is 4.44. The van der Waals surface area contributed by atoms with Gasteiger partial charge in [-0.15, -0.1) is 0 Å². The Morgan fingerprint density at radius 3 is 2.63 bits per heavy atom. The topological polar surface area (TPSA) is 74.8 Å². The number of carbonyl (C=O) groups is 1. The number of anilines is 1. The number of nitrogens with one attached hydrogen (secondary N) is 2. The van der Waals surface area contributed by atoms with Crippen LogP contribution in [-0.4, -0.2) is 21.6 Å². The Bertz CT molecular complexity index is 1010. The van der Waals surface area contributed by atoms with Crippen molar-refractivity contribution in [1.29, 1.82) is 0 Å². The van der Waals surface area contributed by atoms with Gasteiger partial charge in [-0.25, -0.2) is 4.98 Å². The molecule has 138 valence electrons. The normalized spacial score (nSPS) is 10.6. The molecule has 0 saturated carbocycles. The van der Waals surface area contributed by atoms with Crippen molar-refractivity contribution in [2.75, 3.05) is 11.1 Å². The summed E-state index contributed by atoms with van der Waals surface area (Å²) in [6, 6.07) is 14.6. The van der Waals surface area contributed by atoms with Gasteiger partial charge in [0.05, 0.1) is 22.2 Å². The second-order valence-electron chi connectivity index (χ2n) is 6.08. The lowest BCUT2D eigenvalue weighted by Gasteiger charge is -2.11. The summed E-state index contributed by atoms with van der Waals surface area (Å²) >= 11 is 7.39. The number of nitrogens with zero attached hydrogens (tertiary/aromatic N) is 1. The standard InChI is InChI=1S/C20H18ClN3O2S/c1-12-8-13(2)19(15(21)9-12)23-18(26)11-27-20-22-16(10-17(25)24-20)14-6-4-3-5-7-14/h3-10H,11H2,1-2H3,(H,23,26)(H,22,24,25). The van der Waals surface area contributed by atoms with E-state index < -0.39 is 0 Å². The van der Waals surface area contributed by atoms with Crippen LogP contribution in [0.1, 0.15) is 11.1 Å². The molecule has 0 spiro atoms. The number of aryl methyl sites for hydroxylation is 2. The summed E-state index contributed by atoms with van der Waals surface area (Å²) < 4.78 is 0. The summed E-state index contributed by atoms with van der Waals surface area (Å²) in [5.74, 6) is -0.119. The number of aromatic amines is 1. The largest absolute Gasteiger partial charge is 0.324 e. The minimum atomic E-state index is -0.260. The molecule has 0 radical (unpaired) electrons. The molecule has 0 aliphatic carbocycles. The van der Waals surface area contributed by atoms with Crippen LogP contribution in [0.2, 0.25) is 5.02 Å². The highest BCUT2D eigenvalue weighted by molar-refractivity contribution is 7.99. The second-order valence-corrected chi connectivity index (χ2v) is 7.45. The van der Waals surface area contributed by atoms with Gasteiger partial charge in [0.1, 0.15) is 0 Å². The maximum atomic E-state index is 12.3. The third kappa shape index (κ3) is 4.99. The van der Waals surface area contributed by atoms with Crippen LogP contribution in [-0.2, 0) is 4.79 Å². The van der Waals surface area contributed by atoms with E-state index >= 15 is 0 Å². The van der Waals surface area contributed by atoms with Crippen LogP contribution in [0, 0.1) is 13.8 Å². The Labute approximate surface area is 166 Å². The van der Waals surface area contributed by atoms with E-state index in [2.05, 4.69) is 15.3 Å². The highest BCUT2D eigenvalue weighted by Crippen LogP contribution is 2.27. The number of aromatic nitrogens is 2. The predicted molar refractivity (Wildman–Crippen MR) is 111 cm³/mol. The van der Waals surface area contributed by atoms with E-state index in [1.165, 1.54) is 6.07 Å². The molecule has 2 N–H and O–H groups in total. The Morgan fingerprint density at radius 2 is 1.93 bits per heavy atom. The van der Waals surface area contributed by atoms with Gasteiger partial charge in [-0.3, -0.25) is 9.59 Å². The average molecular weight is 400 g/mol. The lowest BCUT2D eigenvalue weighted by molar-refractivity contribution is -0.113. The van der Waals surface area contributed by atoms with E-state index in [0.717, 1.165) is 28.5 Å². The van der Waals surface area contributed by atoms with Crippen molar-refractivity contribution in [2.45, 2.75) is 19.0 Å². The molecule has 0 bridgehead atoms. The van der Waals surface area contributed by atoms with E-state index in [-0.39, 0.29) is 17.2 Å². The Kier molecular flexibility index (Phi) is 5.98. The van der Waals surface area contributed by atoms with Gasteiger partial charge >= 0.3 is 0 Å². The molecule has 1 aromatic heterocycles. The number of hydrogen-bond donors (Lipinski definition) is 2. The van der Waals surface area contributed by atoms with Crippen molar-refractivity contribution >= 4 is 35.0 Å². The van der Waals surface area contributed by atoms with E-state index in [0.29, 0.717) is 21.6 Å². The van der Waals surface area contributed by atoms with E-state index in [4.69, 9.17) is 11.6 Å².